The number of imidazole rings is 1. The summed E-state index contributed by atoms with van der Waals surface area (Å²) in [5.41, 5.74) is 7.79. The van der Waals surface area contributed by atoms with Crippen molar-refractivity contribution in [1.29, 1.82) is 0 Å². The number of hydrogen-bond donors (Lipinski definition) is 2. The Hall–Kier alpha value is -1.68. The molecule has 2 rings (SSSR count). The third kappa shape index (κ3) is 2.67. The first-order valence-corrected chi connectivity index (χ1v) is 5.28. The van der Waals surface area contributed by atoms with E-state index in [1.165, 1.54) is 0 Å². The smallest absolute Gasteiger partial charge is 0.108 e. The molecule has 4 nitrogen and oxygen atoms in total. The number of nitrogens with two attached hydrogens (primary N) is 1. The highest BCUT2D eigenvalue weighted by atomic mass is 14.9. The first-order chi connectivity index (χ1) is 7.54. The lowest BCUT2D eigenvalue weighted by Gasteiger charge is -2.15. The van der Waals surface area contributed by atoms with Gasteiger partial charge in [-0.15, -0.1) is 0 Å². The van der Waals surface area contributed by atoms with E-state index in [4.69, 9.17) is 5.73 Å². The number of H-pyrrole nitrogens is 1. The van der Waals surface area contributed by atoms with Crippen LogP contribution in [0.5, 0.6) is 0 Å². The van der Waals surface area contributed by atoms with Crippen molar-refractivity contribution in [1.82, 2.24) is 15.0 Å². The maximum atomic E-state index is 5.95. The fourth-order valence-corrected chi connectivity index (χ4v) is 1.56. The molecule has 0 fully saturated rings. The van der Waals surface area contributed by atoms with E-state index in [1.807, 2.05) is 32.2 Å². The fraction of sp³-hybridized carbons (Fsp3) is 0.333. The van der Waals surface area contributed by atoms with Gasteiger partial charge in [-0.2, -0.15) is 0 Å². The van der Waals surface area contributed by atoms with E-state index >= 15 is 0 Å². The molecule has 2 aromatic rings. The summed E-state index contributed by atoms with van der Waals surface area (Å²) in [6.45, 7) is 3.98. The van der Waals surface area contributed by atoms with Crippen molar-refractivity contribution < 1.29 is 0 Å². The van der Waals surface area contributed by atoms with Crippen molar-refractivity contribution in [3.63, 3.8) is 0 Å². The Morgan fingerprint density at radius 2 is 2.00 bits per heavy atom. The van der Waals surface area contributed by atoms with Gasteiger partial charge in [0, 0.05) is 29.9 Å². The standard InChI is InChI=1S/C12H16N4/c1-12(2,13)7-11-15-8-10(16-11)9-3-5-14-6-4-9/h3-6,8H,7,13H2,1-2H3,(H,15,16). The minimum Gasteiger partial charge on any atom is -0.342 e. The molecule has 0 saturated heterocycles. The van der Waals surface area contributed by atoms with Gasteiger partial charge < -0.3 is 10.7 Å². The van der Waals surface area contributed by atoms with Gasteiger partial charge >= 0.3 is 0 Å². The van der Waals surface area contributed by atoms with Crippen LogP contribution in [0, 0.1) is 0 Å². The second-order valence-corrected chi connectivity index (χ2v) is 4.64. The lowest BCUT2D eigenvalue weighted by molar-refractivity contribution is 0.505. The van der Waals surface area contributed by atoms with Gasteiger partial charge in [-0.25, -0.2) is 4.98 Å². The highest BCUT2D eigenvalue weighted by Crippen LogP contribution is 2.16. The first-order valence-electron chi connectivity index (χ1n) is 5.28. The first kappa shape index (κ1) is 10.8. The normalized spacial score (nSPS) is 11.7. The van der Waals surface area contributed by atoms with Gasteiger partial charge in [0.25, 0.3) is 0 Å². The van der Waals surface area contributed by atoms with Crippen molar-refractivity contribution in [2.24, 2.45) is 5.73 Å². The van der Waals surface area contributed by atoms with Crippen LogP contribution in [0.1, 0.15) is 19.7 Å². The van der Waals surface area contributed by atoms with Gasteiger partial charge in [-0.1, -0.05) is 0 Å². The molecular formula is C12H16N4. The Morgan fingerprint density at radius 3 is 2.62 bits per heavy atom. The molecule has 0 unspecified atom stereocenters. The van der Waals surface area contributed by atoms with E-state index in [0.29, 0.717) is 0 Å². The molecule has 84 valence electrons. The number of aromatic nitrogens is 3. The van der Waals surface area contributed by atoms with E-state index in [0.717, 1.165) is 23.5 Å². The molecule has 3 N–H and O–H groups in total. The van der Waals surface area contributed by atoms with Crippen LogP contribution in [-0.4, -0.2) is 20.5 Å². The predicted molar refractivity (Wildman–Crippen MR) is 63.8 cm³/mol. The maximum Gasteiger partial charge on any atom is 0.108 e. The summed E-state index contributed by atoms with van der Waals surface area (Å²) >= 11 is 0. The molecular weight excluding hydrogens is 200 g/mol. The molecule has 0 spiro atoms. The number of nitrogens with zero attached hydrogens (tertiary/aromatic N) is 2. The number of pyridine rings is 1. The Labute approximate surface area is 94.9 Å². The van der Waals surface area contributed by atoms with E-state index in [2.05, 4.69) is 15.0 Å². The average molecular weight is 216 g/mol. The molecule has 0 radical (unpaired) electrons. The topological polar surface area (TPSA) is 67.6 Å². The van der Waals surface area contributed by atoms with E-state index in [-0.39, 0.29) is 5.54 Å². The van der Waals surface area contributed by atoms with Crippen LogP contribution >= 0.6 is 0 Å². The molecule has 4 heteroatoms. The summed E-state index contributed by atoms with van der Waals surface area (Å²) in [4.78, 5) is 11.6. The molecule has 0 aliphatic rings. The van der Waals surface area contributed by atoms with Gasteiger partial charge in [-0.05, 0) is 26.0 Å². The highest BCUT2D eigenvalue weighted by Gasteiger charge is 2.14. The van der Waals surface area contributed by atoms with Crippen LogP contribution in [0.3, 0.4) is 0 Å². The predicted octanol–water partition coefficient (Wildman–Crippen LogP) is 1.75. The summed E-state index contributed by atoms with van der Waals surface area (Å²) in [5, 5.41) is 0. The van der Waals surface area contributed by atoms with Crippen molar-refractivity contribution >= 4 is 0 Å². The number of aromatic amines is 1. The lowest BCUT2D eigenvalue weighted by atomic mass is 10.0. The second-order valence-electron chi connectivity index (χ2n) is 4.64. The van der Waals surface area contributed by atoms with Crippen LogP contribution in [0.2, 0.25) is 0 Å². The monoisotopic (exact) mass is 216 g/mol. The number of rotatable bonds is 3. The molecule has 0 aliphatic heterocycles. The second kappa shape index (κ2) is 4.06. The average Bonchev–Trinajstić information content (AvgIpc) is 2.65. The van der Waals surface area contributed by atoms with Crippen LogP contribution in [0.25, 0.3) is 11.3 Å². The van der Waals surface area contributed by atoms with Gasteiger partial charge in [0.05, 0.1) is 11.9 Å². The zero-order valence-corrected chi connectivity index (χ0v) is 9.57. The maximum absolute atomic E-state index is 5.95. The van der Waals surface area contributed by atoms with Crippen LogP contribution in [-0.2, 0) is 6.42 Å². The highest BCUT2D eigenvalue weighted by molar-refractivity contribution is 5.57. The minimum absolute atomic E-state index is 0.243. The van der Waals surface area contributed by atoms with Gasteiger partial charge in [0.1, 0.15) is 5.82 Å². The minimum atomic E-state index is -0.243. The van der Waals surface area contributed by atoms with Gasteiger partial charge in [0.2, 0.25) is 0 Å². The third-order valence-corrected chi connectivity index (χ3v) is 2.24. The van der Waals surface area contributed by atoms with E-state index in [9.17, 15) is 0 Å². The van der Waals surface area contributed by atoms with Crippen LogP contribution in [0.15, 0.2) is 30.7 Å². The lowest BCUT2D eigenvalue weighted by Crippen LogP contribution is -2.34. The molecule has 2 aromatic heterocycles. The zero-order valence-electron chi connectivity index (χ0n) is 9.57. The largest absolute Gasteiger partial charge is 0.342 e. The van der Waals surface area contributed by atoms with E-state index in [1.54, 1.807) is 12.4 Å². The van der Waals surface area contributed by atoms with Gasteiger partial charge in [0.15, 0.2) is 0 Å². The molecule has 0 atom stereocenters. The molecule has 0 amide bonds. The summed E-state index contributed by atoms with van der Waals surface area (Å²) < 4.78 is 0. The van der Waals surface area contributed by atoms with E-state index < -0.39 is 0 Å². The Balaban J connectivity index is 2.21. The Bertz CT molecular complexity index is 453. The Morgan fingerprint density at radius 1 is 1.31 bits per heavy atom. The molecule has 16 heavy (non-hydrogen) atoms. The fourth-order valence-electron chi connectivity index (χ4n) is 1.56. The summed E-state index contributed by atoms with van der Waals surface area (Å²) in [6, 6.07) is 3.90. The molecule has 0 aromatic carbocycles. The Kier molecular flexibility index (Phi) is 2.75. The zero-order chi connectivity index (χ0) is 11.6. The molecule has 0 bridgehead atoms. The van der Waals surface area contributed by atoms with Crippen molar-refractivity contribution in [2.45, 2.75) is 25.8 Å². The van der Waals surface area contributed by atoms with Gasteiger partial charge in [-0.3, -0.25) is 4.98 Å². The molecule has 2 heterocycles. The third-order valence-electron chi connectivity index (χ3n) is 2.24. The van der Waals surface area contributed by atoms with Crippen molar-refractivity contribution in [3.8, 4) is 11.3 Å². The molecule has 0 saturated carbocycles. The van der Waals surface area contributed by atoms with Crippen LogP contribution < -0.4 is 5.73 Å². The number of nitrogens with one attached hydrogen (secondary N) is 1. The SMILES string of the molecule is CC(C)(N)Cc1ncc(-c2ccncc2)[nH]1. The number of hydrogen-bond acceptors (Lipinski definition) is 3. The quantitative estimate of drug-likeness (QED) is 0.821. The summed E-state index contributed by atoms with van der Waals surface area (Å²) in [5.74, 6) is 0.916. The summed E-state index contributed by atoms with van der Waals surface area (Å²) in [7, 11) is 0. The van der Waals surface area contributed by atoms with Crippen molar-refractivity contribution in [2.75, 3.05) is 0 Å². The van der Waals surface area contributed by atoms with Crippen LogP contribution in [0.4, 0.5) is 0 Å². The molecule has 0 aliphatic carbocycles. The summed E-state index contributed by atoms with van der Waals surface area (Å²) in [6.07, 6.45) is 6.10. The van der Waals surface area contributed by atoms with Crippen molar-refractivity contribution in [3.05, 3.63) is 36.5 Å².